The van der Waals surface area contributed by atoms with Crippen LogP contribution in [0.15, 0.2) is 58.5 Å². The molecular formula is C91H162N2Ni+2. The molecule has 94 heavy (non-hydrogen) atoms. The predicted molar refractivity (Wildman–Crippen MR) is 424 cm³/mol. The summed E-state index contributed by atoms with van der Waals surface area (Å²) in [6, 6.07) is 18.3. The van der Waals surface area contributed by atoms with Gasteiger partial charge >= 0.3 is 16.5 Å². The van der Waals surface area contributed by atoms with Gasteiger partial charge in [-0.1, -0.05) is 462 Å². The Kier molecular flexibility index (Phi) is 71.7. The first kappa shape index (κ1) is 89.8. The van der Waals surface area contributed by atoms with Crippen molar-refractivity contribution in [3.63, 3.8) is 0 Å². The van der Waals surface area contributed by atoms with Crippen molar-refractivity contribution in [2.45, 2.75) is 484 Å². The van der Waals surface area contributed by atoms with Gasteiger partial charge in [0.05, 0.1) is 17.1 Å². The van der Waals surface area contributed by atoms with Crippen molar-refractivity contribution in [1.29, 1.82) is 0 Å². The van der Waals surface area contributed by atoms with Crippen molar-refractivity contribution in [2.24, 2.45) is 9.98 Å². The summed E-state index contributed by atoms with van der Waals surface area (Å²) in [6.07, 6.45) is 99.2. The molecule has 2 aromatic rings. The van der Waals surface area contributed by atoms with E-state index in [0.29, 0.717) is 0 Å². The summed E-state index contributed by atoms with van der Waals surface area (Å²) < 4.78 is 0. The Balaban J connectivity index is 0.0000442. The van der Waals surface area contributed by atoms with E-state index in [1.807, 2.05) is 0 Å². The molecule has 0 aromatic heterocycles. The average Bonchev–Trinajstić information content (AvgIpc) is 1.12. The third-order valence-corrected chi connectivity index (χ3v) is 20.7. The first-order valence-corrected chi connectivity index (χ1v) is 43.0. The van der Waals surface area contributed by atoms with Gasteiger partial charge in [0.25, 0.3) is 0 Å². The Labute approximate surface area is 600 Å². The van der Waals surface area contributed by atoms with E-state index < -0.39 is 0 Å². The summed E-state index contributed by atoms with van der Waals surface area (Å²) in [4.78, 5) is 10.7. The number of unbranched alkanes of at least 4 members (excludes halogenated alkanes) is 64. The third-order valence-electron chi connectivity index (χ3n) is 20.7. The molecule has 2 aromatic carbocycles. The standard InChI is InChI=1S/C91H162N2.Ni/c1-5-9-13-16-19-22-25-28-30-32-34-36-38-40-42-44-46-48-50-52-54-56-58-61-64-67-71-74-86-78-82-88(83-79-86)92-90(76-70-12-8-4)91(77-73-69-66-63-60-27-24-21-18-15-11-7-3)93-89-84-80-87(81-85-89)75-72-68-65-62-59-57-55-53-51-49-47-45-43-41-39-37-35-33-31-29-26-23-20-17-14-10-6-2;/h78-85H,5-72,74-76H2,1-4H3;/q;+2/b92-90+,93-91+;. The Morgan fingerprint density at radius 1 is 0.234 bits per heavy atom. The Morgan fingerprint density at radius 3 is 0.681 bits per heavy atom. The zero-order valence-corrected chi connectivity index (χ0v) is 65.0. The van der Waals surface area contributed by atoms with E-state index in [-0.39, 0.29) is 16.5 Å². The van der Waals surface area contributed by atoms with Crippen LogP contribution in [0, 0.1) is 11.8 Å². The maximum absolute atomic E-state index is 5.37. The van der Waals surface area contributed by atoms with E-state index in [0.717, 1.165) is 48.5 Å². The second-order valence-electron chi connectivity index (χ2n) is 29.9. The quantitative estimate of drug-likeness (QED) is 0.0273. The average molecular weight is 1340 g/mol. The maximum Gasteiger partial charge on any atom is 2.00 e. The monoisotopic (exact) mass is 1340 g/mol. The number of benzene rings is 2. The number of hydrogen-bond donors (Lipinski definition) is 0. The van der Waals surface area contributed by atoms with Crippen molar-refractivity contribution < 1.29 is 16.5 Å². The van der Waals surface area contributed by atoms with E-state index in [2.05, 4.69) is 88.1 Å². The van der Waals surface area contributed by atoms with Crippen LogP contribution in [0.5, 0.6) is 0 Å². The van der Waals surface area contributed by atoms with Gasteiger partial charge < -0.3 is 0 Å². The number of rotatable bonds is 73. The molecule has 0 N–H and O–H groups in total. The fraction of sp³-hybridized carbons (Fsp3) is 0.824. The molecule has 0 saturated carbocycles. The SMILES string of the molecule is CCCCCCCCCCCCC#CC(=N\c1ccc(CCCCCCCCCCCCCCCCCCCCCCCCCCCCC)cc1)/C(CCCCC)=N/c1ccc(CCCCCCCCCCCCCCCCCCCCCCCCCCCCC)cc1.[Ni+2]. The van der Waals surface area contributed by atoms with Crippen LogP contribution in [0.1, 0.15) is 482 Å². The second kappa shape index (κ2) is 75.0. The van der Waals surface area contributed by atoms with Crippen LogP contribution >= 0.6 is 0 Å². The van der Waals surface area contributed by atoms with Gasteiger partial charge in [0, 0.05) is 6.42 Å². The van der Waals surface area contributed by atoms with Gasteiger partial charge in [0.15, 0.2) is 0 Å². The van der Waals surface area contributed by atoms with E-state index in [4.69, 9.17) is 9.98 Å². The van der Waals surface area contributed by atoms with Crippen molar-refractivity contribution in [2.75, 3.05) is 0 Å². The Morgan fingerprint density at radius 2 is 0.436 bits per heavy atom. The Hall–Kier alpha value is -2.17. The van der Waals surface area contributed by atoms with Crippen LogP contribution in [0.3, 0.4) is 0 Å². The van der Waals surface area contributed by atoms with Crippen LogP contribution < -0.4 is 0 Å². The molecule has 0 amide bonds. The molecule has 0 heterocycles. The maximum atomic E-state index is 5.37. The smallest absolute Gasteiger partial charge is 0.251 e. The molecule has 0 saturated heterocycles. The van der Waals surface area contributed by atoms with Gasteiger partial charge in [-0.25, -0.2) is 4.99 Å². The third kappa shape index (κ3) is 62.1. The fourth-order valence-corrected chi connectivity index (χ4v) is 14.2. The molecule has 0 spiro atoms. The van der Waals surface area contributed by atoms with Gasteiger partial charge in [-0.2, -0.15) is 0 Å². The van der Waals surface area contributed by atoms with Gasteiger partial charge in [-0.05, 0) is 86.3 Å². The minimum Gasteiger partial charge on any atom is -0.251 e. The number of aryl methyl sites for hydroxylation is 2. The summed E-state index contributed by atoms with van der Waals surface area (Å²) in [5.41, 5.74) is 6.86. The van der Waals surface area contributed by atoms with E-state index in [9.17, 15) is 0 Å². The molecule has 0 radical (unpaired) electrons. The zero-order valence-electron chi connectivity index (χ0n) is 64.0. The molecule has 3 heteroatoms. The molecule has 0 aliphatic rings. The summed E-state index contributed by atoms with van der Waals surface area (Å²) >= 11 is 0. The van der Waals surface area contributed by atoms with Gasteiger partial charge in [0.2, 0.25) is 0 Å². The summed E-state index contributed by atoms with van der Waals surface area (Å²) in [7, 11) is 0. The molecule has 0 unspecified atom stereocenters. The molecular weight excluding hydrogens is 1180 g/mol. The molecule has 544 valence electrons. The zero-order chi connectivity index (χ0) is 66.2. The molecule has 0 aliphatic heterocycles. The summed E-state index contributed by atoms with van der Waals surface area (Å²) in [6.45, 7) is 9.24. The number of hydrogen-bond acceptors (Lipinski definition) is 2. The fourth-order valence-electron chi connectivity index (χ4n) is 14.2. The number of aliphatic imine (C=N–C) groups is 2. The molecule has 0 aliphatic carbocycles. The van der Waals surface area contributed by atoms with Crippen molar-refractivity contribution >= 4 is 22.8 Å². The van der Waals surface area contributed by atoms with E-state index in [1.54, 1.807) is 0 Å². The minimum atomic E-state index is 0. The van der Waals surface area contributed by atoms with Crippen LogP contribution in [-0.2, 0) is 29.3 Å². The first-order chi connectivity index (χ1) is 46.2. The van der Waals surface area contributed by atoms with E-state index in [1.165, 1.54) is 441 Å². The Bertz CT molecular complexity index is 1920. The van der Waals surface area contributed by atoms with Crippen LogP contribution in [0.4, 0.5) is 11.4 Å². The van der Waals surface area contributed by atoms with Gasteiger partial charge in [0.1, 0.15) is 5.71 Å². The summed E-state index contributed by atoms with van der Waals surface area (Å²) in [5.74, 6) is 7.23. The molecule has 0 bridgehead atoms. The van der Waals surface area contributed by atoms with Crippen molar-refractivity contribution in [3.05, 3.63) is 59.7 Å². The molecule has 0 atom stereocenters. The predicted octanol–water partition coefficient (Wildman–Crippen LogP) is 32.6. The topological polar surface area (TPSA) is 24.7 Å². The van der Waals surface area contributed by atoms with Gasteiger partial charge in [-0.3, -0.25) is 4.99 Å². The van der Waals surface area contributed by atoms with Crippen molar-refractivity contribution in [3.8, 4) is 11.8 Å². The molecule has 2 rings (SSSR count). The largest absolute Gasteiger partial charge is 2.00 e. The van der Waals surface area contributed by atoms with Crippen LogP contribution in [-0.4, -0.2) is 11.4 Å². The molecule has 2 nitrogen and oxygen atoms in total. The molecule has 0 fully saturated rings. The van der Waals surface area contributed by atoms with E-state index >= 15 is 0 Å². The van der Waals surface area contributed by atoms with Crippen molar-refractivity contribution in [1.82, 2.24) is 0 Å². The van der Waals surface area contributed by atoms with Crippen LogP contribution in [0.2, 0.25) is 0 Å². The second-order valence-corrected chi connectivity index (χ2v) is 29.9. The number of nitrogens with zero attached hydrogens (tertiary/aromatic N) is 2. The summed E-state index contributed by atoms with van der Waals surface area (Å²) in [5, 5.41) is 0. The normalized spacial score (nSPS) is 11.8. The first-order valence-electron chi connectivity index (χ1n) is 43.0. The van der Waals surface area contributed by atoms with Crippen LogP contribution in [0.25, 0.3) is 0 Å². The minimum absolute atomic E-state index is 0. The van der Waals surface area contributed by atoms with Gasteiger partial charge in [-0.15, -0.1) is 0 Å².